The molecule has 0 aromatic heterocycles. The van der Waals surface area contributed by atoms with Crippen LogP contribution in [-0.2, 0) is 23.8 Å². The summed E-state index contributed by atoms with van der Waals surface area (Å²) in [5.41, 5.74) is 0.761. The molecule has 1 saturated heterocycles. The van der Waals surface area contributed by atoms with Crippen LogP contribution in [0.5, 0.6) is 0 Å². The first-order chi connectivity index (χ1) is 12.5. The van der Waals surface area contributed by atoms with E-state index in [1.165, 1.54) is 31.4 Å². The van der Waals surface area contributed by atoms with Gasteiger partial charge >= 0.3 is 17.8 Å². The van der Waals surface area contributed by atoms with Gasteiger partial charge in [-0.15, -0.1) is 0 Å². The van der Waals surface area contributed by atoms with Crippen molar-refractivity contribution in [2.24, 2.45) is 0 Å². The minimum absolute atomic E-state index is 0.218. The number of rotatable bonds is 4. The number of carbonyl (C=O) groups excluding carboxylic acids is 3. The van der Waals surface area contributed by atoms with Crippen molar-refractivity contribution in [2.45, 2.75) is 37.6 Å². The van der Waals surface area contributed by atoms with Gasteiger partial charge in [0.25, 0.3) is 0 Å². The van der Waals surface area contributed by atoms with Crippen molar-refractivity contribution in [2.75, 3.05) is 25.6 Å². The maximum atomic E-state index is 12.0. The number of anilines is 1. The van der Waals surface area contributed by atoms with Crippen molar-refractivity contribution < 1.29 is 28.6 Å². The zero-order valence-corrected chi connectivity index (χ0v) is 14.6. The van der Waals surface area contributed by atoms with Crippen LogP contribution in [0.25, 0.3) is 0 Å². The molecular formula is C18H22N2O6. The zero-order valence-electron chi connectivity index (χ0n) is 14.6. The second-order valence-corrected chi connectivity index (χ2v) is 6.40. The molecule has 8 nitrogen and oxygen atoms in total. The lowest BCUT2D eigenvalue weighted by Gasteiger charge is -2.21. The second-order valence-electron chi connectivity index (χ2n) is 6.40. The van der Waals surface area contributed by atoms with Gasteiger partial charge in [-0.3, -0.25) is 9.59 Å². The molecule has 2 N–H and O–H groups in total. The molecule has 8 heteroatoms. The molecule has 1 unspecified atom stereocenters. The van der Waals surface area contributed by atoms with Crippen LogP contribution in [0.1, 0.15) is 36.0 Å². The lowest BCUT2D eigenvalue weighted by atomic mass is 10.2. The maximum Gasteiger partial charge on any atom is 0.337 e. The minimum atomic E-state index is -0.787. The van der Waals surface area contributed by atoms with Gasteiger partial charge in [-0.25, -0.2) is 4.79 Å². The van der Waals surface area contributed by atoms with E-state index in [1.807, 2.05) is 0 Å². The number of hydrogen-bond acceptors (Lipinski definition) is 6. The summed E-state index contributed by atoms with van der Waals surface area (Å²) >= 11 is 0. The van der Waals surface area contributed by atoms with E-state index in [9.17, 15) is 14.4 Å². The Morgan fingerprint density at radius 2 is 1.85 bits per heavy atom. The van der Waals surface area contributed by atoms with Crippen molar-refractivity contribution >= 4 is 23.5 Å². The van der Waals surface area contributed by atoms with Gasteiger partial charge in [0.05, 0.1) is 19.3 Å². The Kier molecular flexibility index (Phi) is 5.53. The first kappa shape index (κ1) is 18.3. The second kappa shape index (κ2) is 7.84. The van der Waals surface area contributed by atoms with E-state index in [0.29, 0.717) is 17.9 Å². The van der Waals surface area contributed by atoms with E-state index < -0.39 is 23.6 Å². The van der Waals surface area contributed by atoms with E-state index >= 15 is 0 Å². The number of ether oxygens (including phenoxy) is 3. The average Bonchev–Trinajstić information content (AvgIpc) is 3.29. The predicted octanol–water partition coefficient (Wildman–Crippen LogP) is 1.21. The van der Waals surface area contributed by atoms with Crippen LogP contribution in [0, 0.1) is 0 Å². The van der Waals surface area contributed by atoms with Crippen LogP contribution in [0.4, 0.5) is 5.69 Å². The molecule has 1 spiro atoms. The van der Waals surface area contributed by atoms with Crippen LogP contribution in [0.15, 0.2) is 24.3 Å². The monoisotopic (exact) mass is 362 g/mol. The molecule has 26 heavy (non-hydrogen) atoms. The van der Waals surface area contributed by atoms with E-state index in [0.717, 1.165) is 25.7 Å². The molecule has 1 heterocycles. The number of esters is 1. The highest BCUT2D eigenvalue weighted by Crippen LogP contribution is 2.38. The molecule has 2 aliphatic rings. The van der Waals surface area contributed by atoms with Gasteiger partial charge in [0.2, 0.25) is 0 Å². The summed E-state index contributed by atoms with van der Waals surface area (Å²) in [5.74, 6) is -2.50. The molecule has 140 valence electrons. The van der Waals surface area contributed by atoms with Crippen molar-refractivity contribution in [3.63, 3.8) is 0 Å². The summed E-state index contributed by atoms with van der Waals surface area (Å²) in [6.45, 7) is 0.631. The fourth-order valence-corrected chi connectivity index (χ4v) is 3.18. The molecule has 3 rings (SSSR count). The largest absolute Gasteiger partial charge is 0.465 e. The fourth-order valence-electron chi connectivity index (χ4n) is 3.18. The predicted molar refractivity (Wildman–Crippen MR) is 91.4 cm³/mol. The maximum absolute atomic E-state index is 12.0. The van der Waals surface area contributed by atoms with Gasteiger partial charge in [-0.1, -0.05) is 0 Å². The van der Waals surface area contributed by atoms with E-state index in [-0.39, 0.29) is 12.6 Å². The molecule has 1 aromatic rings. The number of benzene rings is 1. The van der Waals surface area contributed by atoms with Gasteiger partial charge in [0.15, 0.2) is 5.79 Å². The van der Waals surface area contributed by atoms with Crippen molar-refractivity contribution in [3.05, 3.63) is 29.8 Å². The summed E-state index contributed by atoms with van der Waals surface area (Å²) < 4.78 is 16.2. The van der Waals surface area contributed by atoms with Gasteiger partial charge in [0.1, 0.15) is 6.10 Å². The van der Waals surface area contributed by atoms with E-state index in [2.05, 4.69) is 15.4 Å². The third-order valence-corrected chi connectivity index (χ3v) is 4.54. The van der Waals surface area contributed by atoms with Crippen molar-refractivity contribution in [3.8, 4) is 0 Å². The Bertz CT molecular complexity index is 681. The minimum Gasteiger partial charge on any atom is -0.465 e. The number of amides is 2. The van der Waals surface area contributed by atoms with Crippen LogP contribution in [0.3, 0.4) is 0 Å². The normalized spacial score (nSPS) is 20.7. The molecule has 2 fully saturated rings. The Morgan fingerprint density at radius 3 is 2.50 bits per heavy atom. The first-order valence-corrected chi connectivity index (χ1v) is 8.61. The number of nitrogens with one attached hydrogen (secondary N) is 2. The van der Waals surface area contributed by atoms with Gasteiger partial charge in [-0.05, 0) is 37.1 Å². The standard InChI is InChI=1S/C18H22N2O6/c1-24-17(23)12-4-6-13(7-5-12)20-16(22)15(21)19-10-14-11-25-18(26-14)8-2-3-9-18/h4-7,14H,2-3,8-11H2,1H3,(H,19,21)(H,20,22). The number of carbonyl (C=O) groups is 3. The molecular weight excluding hydrogens is 340 g/mol. The zero-order chi connectivity index (χ0) is 18.6. The Labute approximate surface area is 151 Å². The van der Waals surface area contributed by atoms with Gasteiger partial charge in [-0.2, -0.15) is 0 Å². The summed E-state index contributed by atoms with van der Waals surface area (Å²) in [4.78, 5) is 35.3. The highest BCUT2D eigenvalue weighted by molar-refractivity contribution is 6.39. The Balaban J connectivity index is 1.44. The summed E-state index contributed by atoms with van der Waals surface area (Å²) in [5, 5.41) is 5.03. The summed E-state index contributed by atoms with van der Waals surface area (Å²) in [7, 11) is 1.29. The topological polar surface area (TPSA) is 103 Å². The van der Waals surface area contributed by atoms with E-state index in [4.69, 9.17) is 9.47 Å². The van der Waals surface area contributed by atoms with Gasteiger partial charge < -0.3 is 24.8 Å². The van der Waals surface area contributed by atoms with Crippen LogP contribution < -0.4 is 10.6 Å². The number of methoxy groups -OCH3 is 1. The molecule has 0 radical (unpaired) electrons. The van der Waals surface area contributed by atoms with Crippen molar-refractivity contribution in [1.29, 1.82) is 0 Å². The lowest BCUT2D eigenvalue weighted by molar-refractivity contribution is -0.161. The molecule has 0 bridgehead atoms. The summed E-state index contributed by atoms with van der Waals surface area (Å²) in [6, 6.07) is 6.05. The summed E-state index contributed by atoms with van der Waals surface area (Å²) in [6.07, 6.45) is 3.66. The highest BCUT2D eigenvalue weighted by atomic mass is 16.7. The first-order valence-electron chi connectivity index (χ1n) is 8.61. The Morgan fingerprint density at radius 1 is 1.15 bits per heavy atom. The van der Waals surface area contributed by atoms with Crippen LogP contribution in [-0.4, -0.2) is 49.9 Å². The molecule has 1 atom stereocenters. The van der Waals surface area contributed by atoms with Crippen molar-refractivity contribution in [1.82, 2.24) is 5.32 Å². The average molecular weight is 362 g/mol. The molecule has 1 aliphatic carbocycles. The SMILES string of the molecule is COC(=O)c1ccc(NC(=O)C(=O)NCC2COC3(CCCC3)O2)cc1. The van der Waals surface area contributed by atoms with Crippen LogP contribution in [0.2, 0.25) is 0 Å². The van der Waals surface area contributed by atoms with E-state index in [1.54, 1.807) is 0 Å². The fraction of sp³-hybridized carbons (Fsp3) is 0.500. The molecule has 1 saturated carbocycles. The Hall–Kier alpha value is -2.45. The third-order valence-electron chi connectivity index (χ3n) is 4.54. The highest BCUT2D eigenvalue weighted by Gasteiger charge is 2.43. The van der Waals surface area contributed by atoms with Crippen LogP contribution >= 0.6 is 0 Å². The molecule has 1 aliphatic heterocycles. The van der Waals surface area contributed by atoms with Gasteiger partial charge in [0, 0.05) is 25.1 Å². The quantitative estimate of drug-likeness (QED) is 0.617. The smallest absolute Gasteiger partial charge is 0.337 e. The number of hydrogen-bond donors (Lipinski definition) is 2. The molecule has 2 amide bonds. The molecule has 1 aromatic carbocycles. The lowest BCUT2D eigenvalue weighted by Crippen LogP contribution is -2.40. The third kappa shape index (κ3) is 4.20.